The van der Waals surface area contributed by atoms with Crippen LogP contribution < -0.4 is 4.90 Å². The molecule has 0 aromatic heterocycles. The average molecular weight is 339 g/mol. The van der Waals surface area contributed by atoms with Crippen LogP contribution in [0.5, 0.6) is 5.75 Å². The normalized spacial score (nSPS) is 17.1. The molecule has 0 radical (unpaired) electrons. The predicted molar refractivity (Wildman–Crippen MR) is 94.8 cm³/mol. The number of amides is 1. The second-order valence-corrected chi connectivity index (χ2v) is 6.41. The fourth-order valence-electron chi connectivity index (χ4n) is 3.20. The van der Waals surface area contributed by atoms with E-state index in [9.17, 15) is 14.7 Å². The number of carbonyl (C=O) groups is 2. The van der Waals surface area contributed by atoms with Crippen molar-refractivity contribution in [1.29, 1.82) is 0 Å². The van der Waals surface area contributed by atoms with E-state index in [0.717, 1.165) is 17.7 Å². The lowest BCUT2D eigenvalue weighted by molar-refractivity contribution is -0.126. The summed E-state index contributed by atoms with van der Waals surface area (Å²) in [7, 11) is 0. The lowest BCUT2D eigenvalue weighted by atomic mass is 10.1. The summed E-state index contributed by atoms with van der Waals surface area (Å²) in [6.45, 7) is 5.23. The maximum Gasteiger partial charge on any atom is 0.342 e. The Balaban J connectivity index is 1.77. The maximum atomic E-state index is 12.8. The van der Waals surface area contributed by atoms with Gasteiger partial charge in [-0.1, -0.05) is 30.3 Å². The number of benzene rings is 2. The first-order valence-electron chi connectivity index (χ1n) is 8.30. The smallest absolute Gasteiger partial charge is 0.342 e. The molecule has 1 amide bonds. The number of phenols is 1. The molecule has 25 heavy (non-hydrogen) atoms. The van der Waals surface area contributed by atoms with E-state index in [0.29, 0.717) is 5.56 Å². The highest BCUT2D eigenvalue weighted by atomic mass is 16.5. The maximum absolute atomic E-state index is 12.8. The van der Waals surface area contributed by atoms with Crippen LogP contribution in [-0.4, -0.2) is 29.1 Å². The first-order valence-corrected chi connectivity index (χ1v) is 8.30. The summed E-state index contributed by atoms with van der Waals surface area (Å²) in [5.74, 6) is -1.09. The molecule has 5 heteroatoms. The van der Waals surface area contributed by atoms with Crippen molar-refractivity contribution in [2.24, 2.45) is 0 Å². The van der Waals surface area contributed by atoms with Gasteiger partial charge in [-0.2, -0.15) is 0 Å². The molecule has 5 nitrogen and oxygen atoms in total. The van der Waals surface area contributed by atoms with Gasteiger partial charge in [0.25, 0.3) is 5.91 Å². The molecule has 1 aliphatic rings. The van der Waals surface area contributed by atoms with Crippen molar-refractivity contribution in [3.63, 3.8) is 0 Å². The number of fused-ring (bicyclic) bond motifs is 1. The molecule has 1 aliphatic heterocycles. The van der Waals surface area contributed by atoms with E-state index in [1.54, 1.807) is 30.9 Å². The minimum atomic E-state index is -0.944. The monoisotopic (exact) mass is 339 g/mol. The van der Waals surface area contributed by atoms with Crippen LogP contribution in [0.3, 0.4) is 0 Å². The first-order chi connectivity index (χ1) is 11.9. The Morgan fingerprint density at radius 2 is 1.92 bits per heavy atom. The fourth-order valence-corrected chi connectivity index (χ4v) is 3.20. The summed E-state index contributed by atoms with van der Waals surface area (Å²) in [4.78, 5) is 26.8. The number of hydrogen-bond acceptors (Lipinski definition) is 4. The zero-order chi connectivity index (χ0) is 18.1. The van der Waals surface area contributed by atoms with E-state index >= 15 is 0 Å². The number of hydrogen-bond donors (Lipinski definition) is 1. The van der Waals surface area contributed by atoms with Gasteiger partial charge in [-0.05, 0) is 50.5 Å². The highest BCUT2D eigenvalue weighted by molar-refractivity contribution is 6.01. The van der Waals surface area contributed by atoms with Crippen LogP contribution in [0.4, 0.5) is 5.69 Å². The number of carbonyl (C=O) groups excluding carboxylic acids is 2. The van der Waals surface area contributed by atoms with Crippen LogP contribution in [0.1, 0.15) is 35.3 Å². The van der Waals surface area contributed by atoms with Crippen molar-refractivity contribution in [1.82, 2.24) is 0 Å². The van der Waals surface area contributed by atoms with Crippen LogP contribution >= 0.6 is 0 Å². The van der Waals surface area contributed by atoms with Gasteiger partial charge in [0, 0.05) is 11.7 Å². The van der Waals surface area contributed by atoms with Gasteiger partial charge in [0.15, 0.2) is 6.10 Å². The molecule has 0 unspecified atom stereocenters. The molecule has 0 spiro atoms. The number of esters is 1. The van der Waals surface area contributed by atoms with Gasteiger partial charge in [-0.3, -0.25) is 4.79 Å². The molecule has 0 bridgehead atoms. The van der Waals surface area contributed by atoms with E-state index in [-0.39, 0.29) is 23.3 Å². The molecule has 0 aliphatic carbocycles. The van der Waals surface area contributed by atoms with Crippen molar-refractivity contribution >= 4 is 17.6 Å². The molecule has 1 heterocycles. The standard InChI is InChI=1S/C20H21NO4/c1-12-7-6-9-16(18(12)22)20(24)25-14(3)19(23)21-13(2)11-15-8-4-5-10-17(15)21/h4-10,13-14,22H,11H2,1-3H3/t13-,14-/m1/s1. The Bertz CT molecular complexity index is 830. The number of nitrogens with zero attached hydrogens (tertiary/aromatic N) is 1. The summed E-state index contributed by atoms with van der Waals surface area (Å²) >= 11 is 0. The third-order valence-electron chi connectivity index (χ3n) is 4.53. The molecule has 2 atom stereocenters. The zero-order valence-corrected chi connectivity index (χ0v) is 14.5. The van der Waals surface area contributed by atoms with E-state index in [4.69, 9.17) is 4.74 Å². The quantitative estimate of drug-likeness (QED) is 0.872. The minimum absolute atomic E-state index is 0.0124. The summed E-state index contributed by atoms with van der Waals surface area (Å²) in [5.41, 5.74) is 2.62. The molecular weight excluding hydrogens is 318 g/mol. The van der Waals surface area contributed by atoms with Crippen LogP contribution in [0.15, 0.2) is 42.5 Å². The SMILES string of the molecule is Cc1cccc(C(=O)O[C@H](C)C(=O)N2c3ccccc3C[C@H]2C)c1O. The number of aromatic hydroxyl groups is 1. The molecule has 130 valence electrons. The van der Waals surface area contributed by atoms with Gasteiger partial charge in [0.2, 0.25) is 0 Å². The fraction of sp³-hybridized carbons (Fsp3) is 0.300. The highest BCUT2D eigenvalue weighted by Crippen LogP contribution is 2.32. The van der Waals surface area contributed by atoms with Gasteiger partial charge < -0.3 is 14.7 Å². The van der Waals surface area contributed by atoms with Crippen LogP contribution in [0.2, 0.25) is 0 Å². The lowest BCUT2D eigenvalue weighted by Gasteiger charge is -2.26. The van der Waals surface area contributed by atoms with E-state index in [1.807, 2.05) is 31.2 Å². The van der Waals surface area contributed by atoms with Crippen molar-refractivity contribution in [3.05, 3.63) is 59.2 Å². The Morgan fingerprint density at radius 1 is 1.20 bits per heavy atom. The van der Waals surface area contributed by atoms with Crippen molar-refractivity contribution < 1.29 is 19.4 Å². The third-order valence-corrected chi connectivity index (χ3v) is 4.53. The van der Waals surface area contributed by atoms with Gasteiger partial charge in [0.05, 0.1) is 0 Å². The number of rotatable bonds is 3. The number of phenolic OH excluding ortho intramolecular Hbond substituents is 1. The molecule has 1 N–H and O–H groups in total. The van der Waals surface area contributed by atoms with Gasteiger partial charge in [0.1, 0.15) is 11.3 Å². The number of aryl methyl sites for hydroxylation is 1. The molecule has 2 aromatic carbocycles. The Morgan fingerprint density at radius 3 is 2.68 bits per heavy atom. The Kier molecular flexibility index (Phi) is 4.49. The Labute approximate surface area is 146 Å². The van der Waals surface area contributed by atoms with Crippen molar-refractivity contribution in [3.8, 4) is 5.75 Å². The van der Waals surface area contributed by atoms with Crippen LogP contribution in [0.25, 0.3) is 0 Å². The first kappa shape index (κ1) is 17.0. The van der Waals surface area contributed by atoms with Crippen LogP contribution in [-0.2, 0) is 16.0 Å². The van der Waals surface area contributed by atoms with Gasteiger partial charge in [-0.15, -0.1) is 0 Å². The van der Waals surface area contributed by atoms with E-state index in [2.05, 4.69) is 0 Å². The predicted octanol–water partition coefficient (Wildman–Crippen LogP) is 3.22. The van der Waals surface area contributed by atoms with Gasteiger partial charge in [-0.25, -0.2) is 4.79 Å². The van der Waals surface area contributed by atoms with Crippen molar-refractivity contribution in [2.75, 3.05) is 4.90 Å². The van der Waals surface area contributed by atoms with E-state index in [1.165, 1.54) is 6.07 Å². The Hall–Kier alpha value is -2.82. The molecule has 2 aromatic rings. The summed E-state index contributed by atoms with van der Waals surface area (Å²) < 4.78 is 5.32. The lowest BCUT2D eigenvalue weighted by Crippen LogP contribution is -2.43. The number of anilines is 1. The summed E-state index contributed by atoms with van der Waals surface area (Å²) in [5, 5.41) is 10.0. The van der Waals surface area contributed by atoms with E-state index < -0.39 is 12.1 Å². The molecule has 0 fully saturated rings. The average Bonchev–Trinajstić information content (AvgIpc) is 2.92. The number of para-hydroxylation sites is 2. The molecule has 0 saturated heterocycles. The number of ether oxygens (including phenoxy) is 1. The molecule has 3 rings (SSSR count). The zero-order valence-electron chi connectivity index (χ0n) is 14.5. The molecule has 0 saturated carbocycles. The largest absolute Gasteiger partial charge is 0.507 e. The molecular formula is C20H21NO4. The van der Waals surface area contributed by atoms with Crippen LogP contribution in [0, 0.1) is 6.92 Å². The second kappa shape index (κ2) is 6.59. The third kappa shape index (κ3) is 3.09. The van der Waals surface area contributed by atoms with Gasteiger partial charge >= 0.3 is 5.97 Å². The topological polar surface area (TPSA) is 66.8 Å². The minimum Gasteiger partial charge on any atom is -0.507 e. The van der Waals surface area contributed by atoms with Crippen molar-refractivity contribution in [2.45, 2.75) is 39.3 Å². The summed E-state index contributed by atoms with van der Waals surface area (Å²) in [6.07, 6.45) is -0.164. The highest BCUT2D eigenvalue weighted by Gasteiger charge is 2.34. The summed E-state index contributed by atoms with van der Waals surface area (Å²) in [6, 6.07) is 12.6. The second-order valence-electron chi connectivity index (χ2n) is 6.41.